The van der Waals surface area contributed by atoms with Gasteiger partial charge in [-0.05, 0) is 80.8 Å². The Morgan fingerprint density at radius 3 is 2.72 bits per heavy atom. The highest BCUT2D eigenvalue weighted by atomic mass is 19.1. The maximum atomic E-state index is 14.8. The minimum Gasteiger partial charge on any atom is -0.339 e. The highest BCUT2D eigenvalue weighted by molar-refractivity contribution is 5.83. The normalized spacial score (nSPS) is 28.2. The highest BCUT2D eigenvalue weighted by Gasteiger charge is 2.43. The zero-order chi connectivity index (χ0) is 20.4. The number of fused-ring (bicyclic) bond motifs is 2. The van der Waals surface area contributed by atoms with Gasteiger partial charge in [-0.2, -0.15) is 5.26 Å². The lowest BCUT2D eigenvalue weighted by Gasteiger charge is -2.31. The average Bonchev–Trinajstić information content (AvgIpc) is 3.38. The van der Waals surface area contributed by atoms with Crippen molar-refractivity contribution in [3.8, 4) is 6.07 Å². The van der Waals surface area contributed by atoms with E-state index in [0.29, 0.717) is 23.4 Å². The summed E-state index contributed by atoms with van der Waals surface area (Å²) in [6.45, 7) is 5.36. The number of nitrogens with zero attached hydrogens (tertiary/aromatic N) is 2. The van der Waals surface area contributed by atoms with Gasteiger partial charge < -0.3 is 15.5 Å². The number of hydrogen-bond donors (Lipinski definition) is 2. The first-order chi connectivity index (χ1) is 14.1. The molecule has 0 aromatic heterocycles. The standard InChI is InChI=1S/C23H31FN4O/c1-2-28-9-7-15(8-10-28)16-3-4-17(21(24)13-16)11-20(14-25)27-23(29)22-18-5-6-19(12-18)26-22/h3-4,13,15,18-20,22,26H,2,5-12H2,1H3,(H,27,29)/t18?,19?,20-,22?/m0/s1. The van der Waals surface area contributed by atoms with Crippen molar-refractivity contribution >= 4 is 5.91 Å². The zero-order valence-electron chi connectivity index (χ0n) is 17.2. The topological polar surface area (TPSA) is 68.2 Å². The quantitative estimate of drug-likeness (QED) is 0.773. The molecule has 2 N–H and O–H groups in total. The summed E-state index contributed by atoms with van der Waals surface area (Å²) in [6.07, 6.45) is 5.55. The summed E-state index contributed by atoms with van der Waals surface area (Å²) in [7, 11) is 0. The van der Waals surface area contributed by atoms with Crippen LogP contribution in [0.4, 0.5) is 4.39 Å². The Labute approximate surface area is 172 Å². The molecule has 2 bridgehead atoms. The molecular formula is C23H31FN4O. The molecule has 4 rings (SSSR count). The molecule has 156 valence electrons. The van der Waals surface area contributed by atoms with E-state index in [-0.39, 0.29) is 24.2 Å². The maximum Gasteiger partial charge on any atom is 0.238 e. The number of piperidine rings is 2. The van der Waals surface area contributed by atoms with Crippen molar-refractivity contribution in [2.45, 2.75) is 69.5 Å². The SMILES string of the molecule is CCN1CCC(c2ccc(C[C@@H](C#N)NC(=O)C3NC4CCC3C4)c(F)c2)CC1. The van der Waals surface area contributed by atoms with Crippen LogP contribution in [-0.4, -0.2) is 48.6 Å². The minimum absolute atomic E-state index is 0.122. The number of nitriles is 1. The molecule has 5 nitrogen and oxygen atoms in total. The summed E-state index contributed by atoms with van der Waals surface area (Å²) < 4.78 is 14.8. The van der Waals surface area contributed by atoms with Crippen LogP contribution in [0.5, 0.6) is 0 Å². The highest BCUT2D eigenvalue weighted by Crippen LogP contribution is 2.35. The number of carbonyl (C=O) groups is 1. The summed E-state index contributed by atoms with van der Waals surface area (Å²) in [5.41, 5.74) is 1.54. The molecule has 1 aromatic carbocycles. The smallest absolute Gasteiger partial charge is 0.238 e. The van der Waals surface area contributed by atoms with Gasteiger partial charge in [0, 0.05) is 12.5 Å². The third kappa shape index (κ3) is 4.46. The maximum absolute atomic E-state index is 14.8. The molecule has 3 fully saturated rings. The first-order valence-electron chi connectivity index (χ1n) is 11.0. The summed E-state index contributed by atoms with van der Waals surface area (Å²) in [6, 6.07) is 7.08. The van der Waals surface area contributed by atoms with E-state index in [1.54, 1.807) is 12.1 Å². The Hall–Kier alpha value is -1.97. The molecule has 2 saturated heterocycles. The number of amides is 1. The second-order valence-corrected chi connectivity index (χ2v) is 8.87. The number of carbonyl (C=O) groups excluding carboxylic acids is 1. The Morgan fingerprint density at radius 2 is 2.14 bits per heavy atom. The second kappa shape index (κ2) is 8.81. The van der Waals surface area contributed by atoms with Crippen LogP contribution < -0.4 is 10.6 Å². The van der Waals surface area contributed by atoms with Crippen LogP contribution in [0.25, 0.3) is 0 Å². The van der Waals surface area contributed by atoms with Gasteiger partial charge in [0.15, 0.2) is 0 Å². The lowest BCUT2D eigenvalue weighted by Crippen LogP contribution is -2.50. The van der Waals surface area contributed by atoms with E-state index >= 15 is 0 Å². The molecule has 1 amide bonds. The first kappa shape index (κ1) is 20.3. The van der Waals surface area contributed by atoms with Gasteiger partial charge in [0.05, 0.1) is 12.1 Å². The van der Waals surface area contributed by atoms with E-state index in [0.717, 1.165) is 57.3 Å². The van der Waals surface area contributed by atoms with Crippen molar-refractivity contribution in [2.75, 3.05) is 19.6 Å². The molecule has 2 heterocycles. The van der Waals surface area contributed by atoms with Crippen molar-refractivity contribution in [2.24, 2.45) is 5.92 Å². The summed E-state index contributed by atoms with van der Waals surface area (Å²) in [4.78, 5) is 15.0. The molecule has 6 heteroatoms. The van der Waals surface area contributed by atoms with Crippen LogP contribution in [0.15, 0.2) is 18.2 Å². The molecule has 1 aliphatic carbocycles. The first-order valence-corrected chi connectivity index (χ1v) is 11.0. The fraction of sp³-hybridized carbons (Fsp3) is 0.652. The second-order valence-electron chi connectivity index (χ2n) is 8.87. The third-order valence-electron chi connectivity index (χ3n) is 7.12. The van der Waals surface area contributed by atoms with Gasteiger partial charge in [-0.15, -0.1) is 0 Å². The molecule has 2 aliphatic heterocycles. The van der Waals surface area contributed by atoms with Crippen molar-refractivity contribution < 1.29 is 9.18 Å². The number of nitrogens with one attached hydrogen (secondary N) is 2. The number of hydrogen-bond acceptors (Lipinski definition) is 4. The molecule has 0 spiro atoms. The Kier molecular flexibility index (Phi) is 6.17. The molecule has 1 saturated carbocycles. The van der Waals surface area contributed by atoms with Crippen molar-refractivity contribution in [3.05, 3.63) is 35.1 Å². The van der Waals surface area contributed by atoms with E-state index in [1.165, 1.54) is 0 Å². The molecule has 0 radical (unpaired) electrons. The van der Waals surface area contributed by atoms with Crippen LogP contribution in [0, 0.1) is 23.1 Å². The number of likely N-dealkylation sites (tertiary alicyclic amines) is 1. The fourth-order valence-electron chi connectivity index (χ4n) is 5.33. The predicted octanol–water partition coefficient (Wildman–Crippen LogP) is 2.72. The van der Waals surface area contributed by atoms with E-state index in [9.17, 15) is 14.4 Å². The Morgan fingerprint density at radius 1 is 1.34 bits per heavy atom. The van der Waals surface area contributed by atoms with Crippen LogP contribution in [0.1, 0.15) is 56.1 Å². The minimum atomic E-state index is -0.712. The van der Waals surface area contributed by atoms with Gasteiger partial charge in [0.2, 0.25) is 5.91 Å². The van der Waals surface area contributed by atoms with Crippen molar-refractivity contribution in [1.82, 2.24) is 15.5 Å². The Balaban J connectivity index is 1.35. The summed E-state index contributed by atoms with van der Waals surface area (Å²) >= 11 is 0. The molecule has 29 heavy (non-hydrogen) atoms. The molecule has 1 aromatic rings. The van der Waals surface area contributed by atoms with E-state index in [1.807, 2.05) is 6.07 Å². The fourth-order valence-corrected chi connectivity index (χ4v) is 5.33. The molecular weight excluding hydrogens is 367 g/mol. The lowest BCUT2D eigenvalue weighted by molar-refractivity contribution is -0.124. The zero-order valence-corrected chi connectivity index (χ0v) is 17.2. The third-order valence-corrected chi connectivity index (χ3v) is 7.12. The number of benzene rings is 1. The van der Waals surface area contributed by atoms with E-state index in [4.69, 9.17) is 0 Å². The summed E-state index contributed by atoms with van der Waals surface area (Å²) in [5, 5.41) is 15.7. The number of rotatable bonds is 6. The molecule has 3 unspecified atom stereocenters. The van der Waals surface area contributed by atoms with Crippen molar-refractivity contribution in [3.63, 3.8) is 0 Å². The Bertz CT molecular complexity index is 784. The van der Waals surface area contributed by atoms with Gasteiger partial charge in [0.25, 0.3) is 0 Å². The predicted molar refractivity (Wildman–Crippen MR) is 110 cm³/mol. The van der Waals surface area contributed by atoms with Gasteiger partial charge in [-0.3, -0.25) is 4.79 Å². The average molecular weight is 399 g/mol. The monoisotopic (exact) mass is 398 g/mol. The van der Waals surface area contributed by atoms with Crippen molar-refractivity contribution in [1.29, 1.82) is 5.26 Å². The summed E-state index contributed by atoms with van der Waals surface area (Å²) in [5.74, 6) is 0.377. The van der Waals surface area contributed by atoms with Gasteiger partial charge >= 0.3 is 0 Å². The van der Waals surface area contributed by atoms with Crippen LogP contribution in [0.2, 0.25) is 0 Å². The van der Waals surface area contributed by atoms with Gasteiger partial charge in [-0.1, -0.05) is 19.1 Å². The van der Waals surface area contributed by atoms with Crippen LogP contribution >= 0.6 is 0 Å². The van der Waals surface area contributed by atoms with E-state index in [2.05, 4.69) is 28.5 Å². The largest absolute Gasteiger partial charge is 0.339 e. The lowest BCUT2D eigenvalue weighted by atomic mass is 9.88. The number of halogens is 1. The van der Waals surface area contributed by atoms with E-state index < -0.39 is 6.04 Å². The van der Waals surface area contributed by atoms with Gasteiger partial charge in [0.1, 0.15) is 11.9 Å². The van der Waals surface area contributed by atoms with Crippen LogP contribution in [-0.2, 0) is 11.2 Å². The van der Waals surface area contributed by atoms with Gasteiger partial charge in [-0.25, -0.2) is 4.39 Å². The molecule has 3 aliphatic rings. The molecule has 4 atom stereocenters. The van der Waals surface area contributed by atoms with Crippen LogP contribution in [0.3, 0.4) is 0 Å².